The summed E-state index contributed by atoms with van der Waals surface area (Å²) >= 11 is 1.72. The van der Waals surface area contributed by atoms with Crippen LogP contribution >= 0.6 is 11.8 Å². The van der Waals surface area contributed by atoms with Crippen LogP contribution in [-0.4, -0.2) is 19.8 Å². The first-order valence-electron chi connectivity index (χ1n) is 6.84. The molecular formula is C17H21NOS. The molecule has 0 spiro atoms. The van der Waals surface area contributed by atoms with E-state index in [0.29, 0.717) is 0 Å². The molecule has 2 nitrogen and oxygen atoms in total. The van der Waals surface area contributed by atoms with Gasteiger partial charge in [-0.25, -0.2) is 0 Å². The second-order valence-corrected chi connectivity index (χ2v) is 5.41. The number of rotatable bonds is 7. The maximum absolute atomic E-state index is 6.26. The molecule has 2 aromatic carbocycles. The van der Waals surface area contributed by atoms with Crippen molar-refractivity contribution in [2.24, 2.45) is 0 Å². The Morgan fingerprint density at radius 2 is 1.75 bits per heavy atom. The molecule has 2 rings (SSSR count). The number of hydrogen-bond donors (Lipinski definition) is 1. The normalized spacial score (nSPS) is 12.1. The first kappa shape index (κ1) is 14.9. The van der Waals surface area contributed by atoms with Gasteiger partial charge >= 0.3 is 0 Å². The maximum Gasteiger partial charge on any atom is 0.133 e. The van der Waals surface area contributed by atoms with Gasteiger partial charge in [0.2, 0.25) is 0 Å². The van der Waals surface area contributed by atoms with Crippen LogP contribution in [-0.2, 0) is 0 Å². The third-order valence-corrected chi connectivity index (χ3v) is 3.94. The maximum atomic E-state index is 6.26. The van der Waals surface area contributed by atoms with Gasteiger partial charge in [0.1, 0.15) is 11.9 Å². The van der Waals surface area contributed by atoms with E-state index in [2.05, 4.69) is 41.9 Å². The van der Waals surface area contributed by atoms with E-state index in [9.17, 15) is 0 Å². The summed E-state index contributed by atoms with van der Waals surface area (Å²) in [6.07, 6.45) is 3.10. The predicted molar refractivity (Wildman–Crippen MR) is 86.6 cm³/mol. The SMILES string of the molecule is CNCCC(Oc1ccccc1SC)c1ccccc1. The lowest BCUT2D eigenvalue weighted by Crippen LogP contribution is -2.16. The third kappa shape index (κ3) is 4.02. The minimum Gasteiger partial charge on any atom is -0.485 e. The summed E-state index contributed by atoms with van der Waals surface area (Å²) in [6.45, 7) is 0.932. The van der Waals surface area contributed by atoms with Gasteiger partial charge in [0.05, 0.1) is 0 Å². The van der Waals surface area contributed by atoms with E-state index in [-0.39, 0.29) is 6.10 Å². The summed E-state index contributed by atoms with van der Waals surface area (Å²) < 4.78 is 6.26. The lowest BCUT2D eigenvalue weighted by atomic mass is 10.1. The fourth-order valence-corrected chi connectivity index (χ4v) is 2.64. The van der Waals surface area contributed by atoms with E-state index in [1.165, 1.54) is 10.5 Å². The standard InChI is InChI=1S/C17H21NOS/c1-18-13-12-15(14-8-4-3-5-9-14)19-16-10-6-7-11-17(16)20-2/h3-11,15,18H,12-13H2,1-2H3. The van der Waals surface area contributed by atoms with Crippen molar-refractivity contribution in [3.05, 3.63) is 60.2 Å². The molecule has 0 radical (unpaired) electrons. The molecule has 3 heteroatoms. The molecule has 0 aliphatic heterocycles. The number of thioether (sulfide) groups is 1. The van der Waals surface area contributed by atoms with Crippen LogP contribution < -0.4 is 10.1 Å². The van der Waals surface area contributed by atoms with Gasteiger partial charge in [0, 0.05) is 11.3 Å². The minimum atomic E-state index is 0.0805. The van der Waals surface area contributed by atoms with Crippen LogP contribution in [0.15, 0.2) is 59.5 Å². The Balaban J connectivity index is 2.19. The number of nitrogens with one attached hydrogen (secondary N) is 1. The Kier molecular flexibility index (Phi) is 5.96. The monoisotopic (exact) mass is 287 g/mol. The highest BCUT2D eigenvalue weighted by atomic mass is 32.2. The second kappa shape index (κ2) is 7.98. The van der Waals surface area contributed by atoms with Crippen molar-refractivity contribution in [3.63, 3.8) is 0 Å². The molecule has 106 valence electrons. The van der Waals surface area contributed by atoms with E-state index in [4.69, 9.17) is 4.74 Å². The molecule has 0 saturated carbocycles. The van der Waals surface area contributed by atoms with Gasteiger partial charge in [-0.1, -0.05) is 42.5 Å². The summed E-state index contributed by atoms with van der Waals surface area (Å²) in [6, 6.07) is 18.6. The van der Waals surface area contributed by atoms with Gasteiger partial charge in [-0.2, -0.15) is 0 Å². The van der Waals surface area contributed by atoms with Crippen LogP contribution in [0.5, 0.6) is 5.75 Å². The zero-order valence-corrected chi connectivity index (χ0v) is 12.8. The highest BCUT2D eigenvalue weighted by Gasteiger charge is 2.14. The largest absolute Gasteiger partial charge is 0.485 e. The van der Waals surface area contributed by atoms with Crippen LogP contribution in [0.4, 0.5) is 0 Å². The number of ether oxygens (including phenoxy) is 1. The number of benzene rings is 2. The Labute approximate surface area is 125 Å². The zero-order chi connectivity index (χ0) is 14.2. The van der Waals surface area contributed by atoms with Crippen molar-refractivity contribution < 1.29 is 4.74 Å². The van der Waals surface area contributed by atoms with Gasteiger partial charge in [-0.3, -0.25) is 0 Å². The molecule has 0 aliphatic rings. The van der Waals surface area contributed by atoms with Gasteiger partial charge < -0.3 is 10.1 Å². The van der Waals surface area contributed by atoms with E-state index in [1.54, 1.807) is 11.8 Å². The molecule has 0 bridgehead atoms. The lowest BCUT2D eigenvalue weighted by Gasteiger charge is -2.21. The van der Waals surface area contributed by atoms with E-state index < -0.39 is 0 Å². The fraction of sp³-hybridized carbons (Fsp3) is 0.294. The third-order valence-electron chi connectivity index (χ3n) is 3.17. The van der Waals surface area contributed by atoms with Crippen molar-refractivity contribution in [1.82, 2.24) is 5.32 Å². The molecule has 1 N–H and O–H groups in total. The molecule has 0 heterocycles. The number of hydrogen-bond acceptors (Lipinski definition) is 3. The van der Waals surface area contributed by atoms with Crippen LogP contribution in [0.3, 0.4) is 0 Å². The molecule has 20 heavy (non-hydrogen) atoms. The van der Waals surface area contributed by atoms with Crippen molar-refractivity contribution in [2.45, 2.75) is 17.4 Å². The van der Waals surface area contributed by atoms with E-state index >= 15 is 0 Å². The summed E-state index contributed by atoms with van der Waals surface area (Å²) in [5.41, 5.74) is 1.22. The summed E-state index contributed by atoms with van der Waals surface area (Å²) in [5.74, 6) is 0.963. The fourth-order valence-electron chi connectivity index (χ4n) is 2.11. The number of para-hydroxylation sites is 1. The lowest BCUT2D eigenvalue weighted by molar-refractivity contribution is 0.190. The molecular weight excluding hydrogens is 266 g/mol. The molecule has 1 atom stereocenters. The van der Waals surface area contributed by atoms with E-state index in [1.807, 2.05) is 31.3 Å². The topological polar surface area (TPSA) is 21.3 Å². The van der Waals surface area contributed by atoms with Crippen molar-refractivity contribution >= 4 is 11.8 Å². The van der Waals surface area contributed by atoms with Crippen molar-refractivity contribution in [2.75, 3.05) is 19.8 Å². The second-order valence-electron chi connectivity index (χ2n) is 4.56. The van der Waals surface area contributed by atoms with Crippen LogP contribution in [0, 0.1) is 0 Å². The van der Waals surface area contributed by atoms with Crippen molar-refractivity contribution in [1.29, 1.82) is 0 Å². The summed E-state index contributed by atoms with van der Waals surface area (Å²) in [5, 5.41) is 3.20. The van der Waals surface area contributed by atoms with Crippen LogP contribution in [0.25, 0.3) is 0 Å². The molecule has 0 saturated heterocycles. The summed E-state index contributed by atoms with van der Waals surface area (Å²) in [7, 11) is 1.97. The predicted octanol–water partition coefficient (Wildman–Crippen LogP) is 4.14. The van der Waals surface area contributed by atoms with Gasteiger partial charge in [0.25, 0.3) is 0 Å². The molecule has 2 aromatic rings. The highest BCUT2D eigenvalue weighted by Crippen LogP contribution is 2.32. The Hall–Kier alpha value is -1.45. The Bertz CT molecular complexity index is 515. The molecule has 0 aliphatic carbocycles. The molecule has 0 fully saturated rings. The van der Waals surface area contributed by atoms with Gasteiger partial charge in [0.15, 0.2) is 0 Å². The van der Waals surface area contributed by atoms with Gasteiger partial charge in [-0.15, -0.1) is 11.8 Å². The van der Waals surface area contributed by atoms with Crippen LogP contribution in [0.2, 0.25) is 0 Å². The summed E-state index contributed by atoms with van der Waals surface area (Å²) in [4.78, 5) is 1.18. The van der Waals surface area contributed by atoms with Crippen LogP contribution in [0.1, 0.15) is 18.1 Å². The quantitative estimate of drug-likeness (QED) is 0.773. The smallest absolute Gasteiger partial charge is 0.133 e. The molecule has 1 unspecified atom stereocenters. The van der Waals surface area contributed by atoms with Gasteiger partial charge in [-0.05, 0) is 37.5 Å². The average Bonchev–Trinajstić information content (AvgIpc) is 2.52. The first-order valence-corrected chi connectivity index (χ1v) is 8.07. The Morgan fingerprint density at radius 1 is 1.05 bits per heavy atom. The Morgan fingerprint density at radius 3 is 2.45 bits per heavy atom. The molecule has 0 aromatic heterocycles. The highest BCUT2D eigenvalue weighted by molar-refractivity contribution is 7.98. The van der Waals surface area contributed by atoms with Crippen molar-refractivity contribution in [3.8, 4) is 5.75 Å². The zero-order valence-electron chi connectivity index (χ0n) is 12.0. The minimum absolute atomic E-state index is 0.0805. The van der Waals surface area contributed by atoms with E-state index in [0.717, 1.165) is 18.7 Å². The average molecular weight is 287 g/mol. The first-order chi connectivity index (χ1) is 9.85. The molecule has 0 amide bonds.